The first-order valence-electron chi connectivity index (χ1n) is 10.2. The van der Waals surface area contributed by atoms with Crippen molar-refractivity contribution >= 4 is 10.9 Å². The summed E-state index contributed by atoms with van der Waals surface area (Å²) >= 11 is 0. The number of aromatic amines is 2. The Hall–Kier alpha value is -3.83. The van der Waals surface area contributed by atoms with Crippen molar-refractivity contribution in [3.05, 3.63) is 84.1 Å². The van der Waals surface area contributed by atoms with Crippen LogP contribution in [-0.4, -0.2) is 27.2 Å². The molecule has 0 unspecified atom stereocenters. The van der Waals surface area contributed by atoms with Gasteiger partial charge in [0.1, 0.15) is 17.3 Å². The van der Waals surface area contributed by atoms with Crippen LogP contribution in [0.25, 0.3) is 44.8 Å². The quantitative estimate of drug-likeness (QED) is 0.348. The number of hydrogen-bond acceptors (Lipinski definition) is 3. The third-order valence-electron chi connectivity index (χ3n) is 5.65. The smallest absolute Gasteiger partial charge is 0.140 e. The Morgan fingerprint density at radius 3 is 2.39 bits per heavy atom. The SMILES string of the molecule is COc1ccccc1-c1nc(-c2c(C)[nH]c3ccccc23)[nH]c1-c1ccccc1CO. The summed E-state index contributed by atoms with van der Waals surface area (Å²) in [5.74, 6) is 1.53. The summed E-state index contributed by atoms with van der Waals surface area (Å²) in [4.78, 5) is 12.1. The first-order valence-corrected chi connectivity index (χ1v) is 10.2. The molecular formula is C26H23N3O2. The maximum absolute atomic E-state index is 9.95. The Morgan fingerprint density at radius 2 is 1.58 bits per heavy atom. The number of benzene rings is 3. The molecule has 154 valence electrons. The fourth-order valence-electron chi connectivity index (χ4n) is 4.21. The number of nitrogens with zero attached hydrogens (tertiary/aromatic N) is 1. The summed E-state index contributed by atoms with van der Waals surface area (Å²) in [6.07, 6.45) is 0. The monoisotopic (exact) mass is 409 g/mol. The molecule has 0 fully saturated rings. The van der Waals surface area contributed by atoms with Gasteiger partial charge in [-0.15, -0.1) is 0 Å². The molecule has 0 amide bonds. The van der Waals surface area contributed by atoms with E-state index in [9.17, 15) is 5.11 Å². The van der Waals surface area contributed by atoms with E-state index >= 15 is 0 Å². The molecule has 0 aliphatic heterocycles. The van der Waals surface area contributed by atoms with E-state index in [-0.39, 0.29) is 6.61 Å². The van der Waals surface area contributed by atoms with E-state index < -0.39 is 0 Å². The summed E-state index contributed by atoms with van der Waals surface area (Å²) in [6, 6.07) is 23.9. The van der Waals surface area contributed by atoms with Crippen LogP contribution in [0.2, 0.25) is 0 Å². The van der Waals surface area contributed by atoms with E-state index in [1.807, 2.05) is 60.7 Å². The third-order valence-corrected chi connectivity index (χ3v) is 5.65. The largest absolute Gasteiger partial charge is 0.496 e. The molecule has 3 N–H and O–H groups in total. The van der Waals surface area contributed by atoms with Gasteiger partial charge in [0.25, 0.3) is 0 Å². The minimum absolute atomic E-state index is 0.0536. The van der Waals surface area contributed by atoms with Crippen LogP contribution in [0, 0.1) is 6.92 Å². The van der Waals surface area contributed by atoms with Crippen molar-refractivity contribution in [2.24, 2.45) is 0 Å². The molecule has 5 rings (SSSR count). The lowest BCUT2D eigenvalue weighted by Crippen LogP contribution is -1.93. The Bertz CT molecular complexity index is 1320. The molecule has 31 heavy (non-hydrogen) atoms. The van der Waals surface area contributed by atoms with Crippen LogP contribution < -0.4 is 4.74 Å². The molecule has 0 aliphatic carbocycles. The van der Waals surface area contributed by atoms with Crippen molar-refractivity contribution in [2.45, 2.75) is 13.5 Å². The van der Waals surface area contributed by atoms with E-state index in [4.69, 9.17) is 9.72 Å². The lowest BCUT2D eigenvalue weighted by atomic mass is 10.0. The molecule has 0 aliphatic rings. The van der Waals surface area contributed by atoms with Crippen LogP contribution in [0.3, 0.4) is 0 Å². The van der Waals surface area contributed by atoms with E-state index in [2.05, 4.69) is 29.0 Å². The summed E-state index contributed by atoms with van der Waals surface area (Å²) < 4.78 is 5.63. The van der Waals surface area contributed by atoms with Gasteiger partial charge in [-0.05, 0) is 30.7 Å². The first-order chi connectivity index (χ1) is 15.2. The number of nitrogens with one attached hydrogen (secondary N) is 2. The second kappa shape index (κ2) is 7.78. The number of fused-ring (bicyclic) bond motifs is 1. The minimum atomic E-state index is -0.0536. The number of rotatable bonds is 5. The van der Waals surface area contributed by atoms with Gasteiger partial charge in [-0.2, -0.15) is 0 Å². The molecule has 2 heterocycles. The molecule has 5 aromatic rings. The highest BCUT2D eigenvalue weighted by atomic mass is 16.5. The van der Waals surface area contributed by atoms with Gasteiger partial charge in [0.2, 0.25) is 0 Å². The molecule has 0 saturated carbocycles. The standard InChI is InChI=1S/C26H23N3O2/c1-16-23(19-11-5-7-13-21(19)27-16)26-28-24(18-10-4-3-9-17(18)15-30)25(29-26)20-12-6-8-14-22(20)31-2/h3-14,27,30H,15H2,1-2H3,(H,28,29). The Morgan fingerprint density at radius 1 is 0.871 bits per heavy atom. The number of aromatic nitrogens is 3. The number of para-hydroxylation sites is 2. The Balaban J connectivity index is 1.81. The van der Waals surface area contributed by atoms with Gasteiger partial charge in [0.05, 0.1) is 19.4 Å². The summed E-state index contributed by atoms with van der Waals surface area (Å²) in [5, 5.41) is 11.1. The molecule has 3 aromatic carbocycles. The van der Waals surface area contributed by atoms with Gasteiger partial charge in [-0.1, -0.05) is 54.6 Å². The topological polar surface area (TPSA) is 73.9 Å². The van der Waals surface area contributed by atoms with Crippen molar-refractivity contribution in [1.82, 2.24) is 15.0 Å². The summed E-state index contributed by atoms with van der Waals surface area (Å²) in [7, 11) is 1.66. The molecule has 5 nitrogen and oxygen atoms in total. The number of H-pyrrole nitrogens is 2. The zero-order valence-electron chi connectivity index (χ0n) is 17.4. The zero-order chi connectivity index (χ0) is 21.4. The number of aryl methyl sites for hydroxylation is 1. The van der Waals surface area contributed by atoms with E-state index in [0.29, 0.717) is 0 Å². The number of aliphatic hydroxyl groups is 1. The van der Waals surface area contributed by atoms with E-state index in [1.165, 1.54) is 0 Å². The number of imidazole rings is 1. The number of hydrogen-bond donors (Lipinski definition) is 3. The summed E-state index contributed by atoms with van der Waals surface area (Å²) in [6.45, 7) is 2.00. The molecule has 5 heteroatoms. The van der Waals surface area contributed by atoms with Crippen molar-refractivity contribution in [3.63, 3.8) is 0 Å². The van der Waals surface area contributed by atoms with Crippen molar-refractivity contribution in [3.8, 4) is 39.7 Å². The molecule has 0 radical (unpaired) electrons. The maximum atomic E-state index is 9.95. The normalized spacial score (nSPS) is 11.2. The highest BCUT2D eigenvalue weighted by Crippen LogP contribution is 2.40. The van der Waals surface area contributed by atoms with Crippen LogP contribution in [0.4, 0.5) is 0 Å². The molecule has 0 atom stereocenters. The van der Waals surface area contributed by atoms with Crippen LogP contribution in [0.5, 0.6) is 5.75 Å². The fraction of sp³-hybridized carbons (Fsp3) is 0.115. The van der Waals surface area contributed by atoms with Crippen molar-refractivity contribution < 1.29 is 9.84 Å². The van der Waals surface area contributed by atoms with Crippen molar-refractivity contribution in [2.75, 3.05) is 7.11 Å². The zero-order valence-corrected chi connectivity index (χ0v) is 17.4. The molecular weight excluding hydrogens is 386 g/mol. The average molecular weight is 409 g/mol. The predicted octanol–water partition coefficient (Wildman–Crippen LogP) is 5.70. The number of ether oxygens (including phenoxy) is 1. The lowest BCUT2D eigenvalue weighted by molar-refractivity contribution is 0.282. The van der Waals surface area contributed by atoms with E-state index in [1.54, 1.807) is 7.11 Å². The van der Waals surface area contributed by atoms with Crippen molar-refractivity contribution in [1.29, 1.82) is 0 Å². The molecule has 0 bridgehead atoms. The van der Waals surface area contributed by atoms with Gasteiger partial charge in [-0.25, -0.2) is 4.98 Å². The average Bonchev–Trinajstić information content (AvgIpc) is 3.39. The van der Waals surface area contributed by atoms with E-state index in [0.717, 1.165) is 61.8 Å². The molecule has 2 aromatic heterocycles. The lowest BCUT2D eigenvalue weighted by Gasteiger charge is -2.10. The van der Waals surface area contributed by atoms with Gasteiger partial charge in [0, 0.05) is 33.3 Å². The predicted molar refractivity (Wildman–Crippen MR) is 124 cm³/mol. The second-order valence-electron chi connectivity index (χ2n) is 7.50. The van der Waals surface area contributed by atoms with Crippen LogP contribution in [0.1, 0.15) is 11.3 Å². The Kier molecular flexibility index (Phi) is 4.81. The van der Waals surface area contributed by atoms with Gasteiger partial charge in [-0.3, -0.25) is 0 Å². The number of aliphatic hydroxyl groups excluding tert-OH is 1. The number of methoxy groups -OCH3 is 1. The van der Waals surface area contributed by atoms with Gasteiger partial charge >= 0.3 is 0 Å². The minimum Gasteiger partial charge on any atom is -0.496 e. The maximum Gasteiger partial charge on any atom is 0.140 e. The Labute approximate surface area is 180 Å². The second-order valence-corrected chi connectivity index (χ2v) is 7.50. The molecule has 0 spiro atoms. The third kappa shape index (κ3) is 3.20. The highest BCUT2D eigenvalue weighted by Gasteiger charge is 2.22. The van der Waals surface area contributed by atoms with Gasteiger partial charge in [0.15, 0.2) is 0 Å². The molecule has 0 saturated heterocycles. The van der Waals surface area contributed by atoms with Crippen LogP contribution in [-0.2, 0) is 6.61 Å². The van der Waals surface area contributed by atoms with Crippen LogP contribution >= 0.6 is 0 Å². The highest BCUT2D eigenvalue weighted by molar-refractivity contribution is 5.97. The first kappa shape index (κ1) is 19.2. The summed E-state index contributed by atoms with van der Waals surface area (Å²) in [5.41, 5.74) is 7.46. The van der Waals surface area contributed by atoms with Gasteiger partial charge < -0.3 is 19.8 Å². The fourth-order valence-corrected chi connectivity index (χ4v) is 4.21. The van der Waals surface area contributed by atoms with Crippen LogP contribution in [0.15, 0.2) is 72.8 Å².